The van der Waals surface area contributed by atoms with Crippen LogP contribution in [0, 0.1) is 6.07 Å². The summed E-state index contributed by atoms with van der Waals surface area (Å²) in [6.45, 7) is 1.47. The van der Waals surface area contributed by atoms with Crippen LogP contribution in [-0.2, 0) is 4.79 Å². The number of anilines is 1. The van der Waals surface area contributed by atoms with E-state index in [4.69, 9.17) is 4.74 Å². The Morgan fingerprint density at radius 2 is 2.17 bits per heavy atom. The molecule has 1 radical (unpaired) electrons. The molecule has 0 spiro atoms. The van der Waals surface area contributed by atoms with Crippen LogP contribution in [-0.4, -0.2) is 18.0 Å². The molecule has 4 nitrogen and oxygen atoms in total. The third-order valence-corrected chi connectivity index (χ3v) is 2.39. The number of carbonyl (C=O) groups excluding carboxylic acids is 1. The van der Waals surface area contributed by atoms with E-state index in [1.165, 1.54) is 6.92 Å². The maximum absolute atomic E-state index is 11.0. The van der Waals surface area contributed by atoms with Crippen LogP contribution < -0.4 is 10.1 Å². The second kappa shape index (κ2) is 5.31. The van der Waals surface area contributed by atoms with Crippen molar-refractivity contribution >= 4 is 11.6 Å². The van der Waals surface area contributed by atoms with Gasteiger partial charge in [0.25, 0.3) is 0 Å². The highest BCUT2D eigenvalue weighted by atomic mass is 16.5. The maximum atomic E-state index is 11.0. The Morgan fingerprint density at radius 3 is 2.78 bits per heavy atom. The van der Waals surface area contributed by atoms with Crippen LogP contribution in [0.3, 0.4) is 0 Å². The number of rotatable bonds is 3. The Bertz CT molecular complexity index is 550. The lowest BCUT2D eigenvalue weighted by atomic mass is 10.1. The molecular weight excluding hydrogens is 228 g/mol. The smallest absolute Gasteiger partial charge is 0.221 e. The predicted octanol–water partition coefficient (Wildman–Crippen LogP) is 2.52. The van der Waals surface area contributed by atoms with Crippen molar-refractivity contribution in [2.24, 2.45) is 0 Å². The van der Waals surface area contributed by atoms with Crippen LogP contribution >= 0.6 is 0 Å². The van der Waals surface area contributed by atoms with Gasteiger partial charge in [-0.05, 0) is 35.9 Å². The van der Waals surface area contributed by atoms with E-state index < -0.39 is 0 Å². The number of ether oxygens (including phenoxy) is 1. The van der Waals surface area contributed by atoms with Gasteiger partial charge < -0.3 is 10.1 Å². The third kappa shape index (κ3) is 2.85. The lowest BCUT2D eigenvalue weighted by molar-refractivity contribution is -0.114. The first-order chi connectivity index (χ1) is 8.69. The second-order valence-electron chi connectivity index (χ2n) is 3.78. The molecular formula is C14H13N2O2. The highest BCUT2D eigenvalue weighted by molar-refractivity contribution is 5.89. The van der Waals surface area contributed by atoms with Gasteiger partial charge in [0.15, 0.2) is 0 Å². The molecule has 0 aliphatic carbocycles. The molecule has 2 rings (SSSR count). The van der Waals surface area contributed by atoms with E-state index >= 15 is 0 Å². The number of benzene rings is 1. The van der Waals surface area contributed by atoms with Crippen molar-refractivity contribution in [1.82, 2.24) is 4.98 Å². The molecule has 1 aromatic carbocycles. The van der Waals surface area contributed by atoms with Gasteiger partial charge in [0, 0.05) is 30.4 Å². The first kappa shape index (κ1) is 12.1. The first-order valence-corrected chi connectivity index (χ1v) is 5.48. The third-order valence-electron chi connectivity index (χ3n) is 2.39. The van der Waals surface area contributed by atoms with E-state index in [9.17, 15) is 4.79 Å². The minimum Gasteiger partial charge on any atom is -0.481 e. The van der Waals surface area contributed by atoms with Crippen LogP contribution in [0.4, 0.5) is 5.69 Å². The largest absolute Gasteiger partial charge is 0.481 e. The summed E-state index contributed by atoms with van der Waals surface area (Å²) in [5.74, 6) is 0.467. The van der Waals surface area contributed by atoms with Gasteiger partial charge in [0.05, 0.1) is 7.11 Å². The zero-order valence-electron chi connectivity index (χ0n) is 10.2. The normalized spacial score (nSPS) is 9.89. The van der Waals surface area contributed by atoms with E-state index in [0.29, 0.717) is 5.88 Å². The Hall–Kier alpha value is -2.36. The number of hydrogen-bond acceptors (Lipinski definition) is 3. The monoisotopic (exact) mass is 241 g/mol. The summed E-state index contributed by atoms with van der Waals surface area (Å²) in [7, 11) is 1.58. The molecule has 0 atom stereocenters. The molecule has 1 N–H and O–H groups in total. The first-order valence-electron chi connectivity index (χ1n) is 5.48. The van der Waals surface area contributed by atoms with E-state index in [0.717, 1.165) is 16.8 Å². The molecule has 0 fully saturated rings. The van der Waals surface area contributed by atoms with Crippen molar-refractivity contribution in [2.75, 3.05) is 12.4 Å². The Kier molecular flexibility index (Phi) is 3.57. The van der Waals surface area contributed by atoms with Crippen LogP contribution in [0.2, 0.25) is 0 Å². The fourth-order valence-corrected chi connectivity index (χ4v) is 1.59. The highest BCUT2D eigenvalue weighted by Gasteiger charge is 2.02. The number of methoxy groups -OCH3 is 1. The quantitative estimate of drug-likeness (QED) is 0.898. The zero-order chi connectivity index (χ0) is 13.0. The van der Waals surface area contributed by atoms with E-state index in [-0.39, 0.29) is 5.91 Å². The van der Waals surface area contributed by atoms with Crippen LogP contribution in [0.1, 0.15) is 6.92 Å². The lowest BCUT2D eigenvalue weighted by Gasteiger charge is -2.06. The van der Waals surface area contributed by atoms with Gasteiger partial charge >= 0.3 is 0 Å². The molecule has 0 unspecified atom stereocenters. The Morgan fingerprint density at radius 1 is 1.33 bits per heavy atom. The minimum atomic E-state index is -0.103. The summed E-state index contributed by atoms with van der Waals surface area (Å²) >= 11 is 0. The number of nitrogens with one attached hydrogen (secondary N) is 1. The molecule has 1 heterocycles. The van der Waals surface area contributed by atoms with E-state index in [2.05, 4.69) is 16.4 Å². The second-order valence-corrected chi connectivity index (χ2v) is 3.78. The summed E-state index contributed by atoms with van der Waals surface area (Å²) in [6, 6.07) is 12.1. The van der Waals surface area contributed by atoms with Gasteiger partial charge in [-0.25, -0.2) is 4.98 Å². The van der Waals surface area contributed by atoms with Crippen LogP contribution in [0.15, 0.2) is 36.5 Å². The summed E-state index contributed by atoms with van der Waals surface area (Å²) in [6.07, 6.45) is 1.72. The van der Waals surface area contributed by atoms with Gasteiger partial charge in [0.2, 0.25) is 11.8 Å². The number of amides is 1. The number of hydrogen-bond donors (Lipinski definition) is 1. The molecule has 0 aliphatic heterocycles. The van der Waals surface area contributed by atoms with Crippen molar-refractivity contribution in [3.05, 3.63) is 42.6 Å². The average Bonchev–Trinajstić information content (AvgIpc) is 2.38. The lowest BCUT2D eigenvalue weighted by Crippen LogP contribution is -2.05. The minimum absolute atomic E-state index is 0.103. The summed E-state index contributed by atoms with van der Waals surface area (Å²) < 4.78 is 5.01. The summed E-state index contributed by atoms with van der Waals surface area (Å²) in [4.78, 5) is 15.1. The van der Waals surface area contributed by atoms with Gasteiger partial charge in [-0.1, -0.05) is 0 Å². The Labute approximate surface area is 106 Å². The number of pyridine rings is 1. The van der Waals surface area contributed by atoms with Crippen molar-refractivity contribution in [3.63, 3.8) is 0 Å². The van der Waals surface area contributed by atoms with Crippen molar-refractivity contribution < 1.29 is 9.53 Å². The molecule has 1 aromatic heterocycles. The van der Waals surface area contributed by atoms with Gasteiger partial charge in [-0.3, -0.25) is 4.79 Å². The molecule has 0 aliphatic rings. The van der Waals surface area contributed by atoms with Crippen LogP contribution in [0.5, 0.6) is 5.88 Å². The SMILES string of the molecule is COc1ccc(-c2c[c]cc(NC(C)=O)c2)cn1. The zero-order valence-corrected chi connectivity index (χ0v) is 10.2. The molecule has 18 heavy (non-hydrogen) atoms. The fraction of sp³-hybridized carbons (Fsp3) is 0.143. The number of carbonyl (C=O) groups is 1. The summed E-state index contributed by atoms with van der Waals surface area (Å²) in [5, 5.41) is 2.72. The molecule has 0 saturated carbocycles. The molecule has 4 heteroatoms. The Balaban J connectivity index is 2.29. The number of nitrogens with zero attached hydrogens (tertiary/aromatic N) is 1. The molecule has 0 bridgehead atoms. The van der Waals surface area contributed by atoms with Crippen LogP contribution in [0.25, 0.3) is 11.1 Å². The van der Waals surface area contributed by atoms with Gasteiger partial charge in [-0.15, -0.1) is 0 Å². The molecule has 1 amide bonds. The maximum Gasteiger partial charge on any atom is 0.221 e. The standard InChI is InChI=1S/C14H13N2O2/c1-10(17)16-13-5-3-4-11(8-13)12-6-7-14(18-2)15-9-12/h4-9H,1-2H3,(H,16,17). The molecule has 0 saturated heterocycles. The van der Waals surface area contributed by atoms with Gasteiger partial charge in [0.1, 0.15) is 0 Å². The van der Waals surface area contributed by atoms with Crippen molar-refractivity contribution in [2.45, 2.75) is 6.92 Å². The fourth-order valence-electron chi connectivity index (χ4n) is 1.59. The molecule has 91 valence electrons. The van der Waals surface area contributed by atoms with Crippen molar-refractivity contribution in [1.29, 1.82) is 0 Å². The van der Waals surface area contributed by atoms with Gasteiger partial charge in [-0.2, -0.15) is 0 Å². The average molecular weight is 241 g/mol. The highest BCUT2D eigenvalue weighted by Crippen LogP contribution is 2.22. The van der Waals surface area contributed by atoms with Crippen molar-refractivity contribution in [3.8, 4) is 17.0 Å². The molecule has 2 aromatic rings. The number of aromatic nitrogens is 1. The summed E-state index contributed by atoms with van der Waals surface area (Å²) in [5.41, 5.74) is 2.60. The van der Waals surface area contributed by atoms with E-state index in [1.807, 2.05) is 18.2 Å². The van der Waals surface area contributed by atoms with E-state index in [1.54, 1.807) is 25.4 Å². The topological polar surface area (TPSA) is 51.2 Å². The predicted molar refractivity (Wildman–Crippen MR) is 69.4 cm³/mol.